The van der Waals surface area contributed by atoms with E-state index in [9.17, 15) is 9.18 Å². The molecule has 0 aliphatic carbocycles. The Hall–Kier alpha value is -2.71. The van der Waals surface area contributed by atoms with E-state index in [1.165, 1.54) is 0 Å². The Morgan fingerprint density at radius 2 is 2.32 bits per heavy atom. The average Bonchev–Trinajstić information content (AvgIpc) is 2.86. The van der Waals surface area contributed by atoms with E-state index in [2.05, 4.69) is 25.9 Å². The summed E-state index contributed by atoms with van der Waals surface area (Å²) in [6.45, 7) is 1.73. The molecule has 0 spiro atoms. The van der Waals surface area contributed by atoms with Crippen molar-refractivity contribution in [2.75, 3.05) is 11.1 Å². The number of H-pyrrole nitrogens is 1. The lowest BCUT2D eigenvalue weighted by molar-refractivity contribution is 0.0692. The number of nitrogen functional groups attached to an aromatic ring is 1. The summed E-state index contributed by atoms with van der Waals surface area (Å²) in [4.78, 5) is 10.7. The van der Waals surface area contributed by atoms with Gasteiger partial charge in [0.25, 0.3) is 0 Å². The van der Waals surface area contributed by atoms with Gasteiger partial charge in [0.05, 0.1) is 23.0 Å². The van der Waals surface area contributed by atoms with Crippen molar-refractivity contribution in [3.63, 3.8) is 0 Å². The number of anilines is 2. The number of nitrogens with zero attached hydrogens (tertiary/aromatic N) is 3. The minimum absolute atomic E-state index is 0.120. The standard InChI is InChI=1S/C10H11FN6O2/c1-4(9-14-16-17-15-9)13-8-3-6(11)5(10(18)19)2-7(8)12/h2-4,13H,12H2,1H3,(H,18,19)(H,14,15,16,17). The third kappa shape index (κ3) is 2.59. The summed E-state index contributed by atoms with van der Waals surface area (Å²) >= 11 is 0. The van der Waals surface area contributed by atoms with Gasteiger partial charge in [0.15, 0.2) is 5.82 Å². The molecule has 0 aliphatic rings. The molecule has 0 saturated heterocycles. The second-order valence-corrected chi connectivity index (χ2v) is 3.86. The van der Waals surface area contributed by atoms with Crippen LogP contribution in [0.4, 0.5) is 15.8 Å². The zero-order valence-electron chi connectivity index (χ0n) is 9.88. The number of hydrogen-bond donors (Lipinski definition) is 4. The minimum atomic E-state index is -1.37. The number of carbonyl (C=O) groups is 1. The van der Waals surface area contributed by atoms with Crippen LogP contribution in [0.1, 0.15) is 29.1 Å². The second kappa shape index (κ2) is 4.88. The molecule has 19 heavy (non-hydrogen) atoms. The molecule has 8 nitrogen and oxygen atoms in total. The van der Waals surface area contributed by atoms with Crippen LogP contribution in [0.2, 0.25) is 0 Å². The van der Waals surface area contributed by atoms with Crippen LogP contribution in [-0.2, 0) is 0 Å². The topological polar surface area (TPSA) is 130 Å². The van der Waals surface area contributed by atoms with Crippen molar-refractivity contribution >= 4 is 17.3 Å². The number of carboxylic acids is 1. The first-order valence-corrected chi connectivity index (χ1v) is 5.31. The Morgan fingerprint density at radius 1 is 1.58 bits per heavy atom. The molecule has 0 bridgehead atoms. The number of rotatable bonds is 4. The van der Waals surface area contributed by atoms with Gasteiger partial charge in [-0.25, -0.2) is 9.18 Å². The summed E-state index contributed by atoms with van der Waals surface area (Å²) in [6.07, 6.45) is 0. The van der Waals surface area contributed by atoms with Gasteiger partial charge < -0.3 is 16.2 Å². The molecule has 0 saturated carbocycles. The lowest BCUT2D eigenvalue weighted by Gasteiger charge is -2.14. The molecule has 2 aromatic rings. The molecule has 5 N–H and O–H groups in total. The summed E-state index contributed by atoms with van der Waals surface area (Å²) in [5.74, 6) is -1.87. The maximum absolute atomic E-state index is 13.5. The second-order valence-electron chi connectivity index (χ2n) is 3.86. The van der Waals surface area contributed by atoms with Gasteiger partial charge in [0.1, 0.15) is 5.82 Å². The Morgan fingerprint density at radius 3 is 2.89 bits per heavy atom. The molecule has 1 heterocycles. The summed E-state index contributed by atoms with van der Waals surface area (Å²) in [5.41, 5.74) is 5.58. The highest BCUT2D eigenvalue weighted by Crippen LogP contribution is 2.26. The van der Waals surface area contributed by atoms with Crippen molar-refractivity contribution in [2.24, 2.45) is 0 Å². The molecule has 2 rings (SSSR count). The lowest BCUT2D eigenvalue weighted by Crippen LogP contribution is -2.12. The maximum atomic E-state index is 13.5. The van der Waals surface area contributed by atoms with E-state index in [0.29, 0.717) is 5.82 Å². The highest BCUT2D eigenvalue weighted by atomic mass is 19.1. The molecule has 0 aliphatic heterocycles. The first-order valence-electron chi connectivity index (χ1n) is 5.31. The largest absolute Gasteiger partial charge is 0.478 e. The van der Waals surface area contributed by atoms with Gasteiger partial charge >= 0.3 is 5.97 Å². The Balaban J connectivity index is 2.26. The molecule has 1 atom stereocenters. The van der Waals surface area contributed by atoms with Crippen LogP contribution in [0.3, 0.4) is 0 Å². The fourth-order valence-corrected chi connectivity index (χ4v) is 1.53. The Kier molecular flexibility index (Phi) is 3.27. The van der Waals surface area contributed by atoms with E-state index in [1.807, 2.05) is 0 Å². The minimum Gasteiger partial charge on any atom is -0.478 e. The third-order valence-electron chi connectivity index (χ3n) is 2.49. The van der Waals surface area contributed by atoms with E-state index < -0.39 is 17.3 Å². The number of aromatic carboxylic acids is 1. The number of aromatic amines is 1. The molecule has 1 aromatic carbocycles. The number of halogens is 1. The summed E-state index contributed by atoms with van der Waals surface area (Å²) < 4.78 is 13.5. The monoisotopic (exact) mass is 266 g/mol. The van der Waals surface area contributed by atoms with Crippen molar-refractivity contribution in [1.29, 1.82) is 0 Å². The van der Waals surface area contributed by atoms with Crippen molar-refractivity contribution in [3.8, 4) is 0 Å². The third-order valence-corrected chi connectivity index (χ3v) is 2.49. The van der Waals surface area contributed by atoms with Crippen LogP contribution in [-0.4, -0.2) is 31.7 Å². The highest BCUT2D eigenvalue weighted by Gasteiger charge is 2.16. The Labute approximate surface area is 106 Å². The van der Waals surface area contributed by atoms with Crippen molar-refractivity contribution < 1.29 is 14.3 Å². The van der Waals surface area contributed by atoms with Crippen LogP contribution in [0.15, 0.2) is 12.1 Å². The number of benzene rings is 1. The molecule has 0 amide bonds. The SMILES string of the molecule is CC(Nc1cc(F)c(C(=O)O)cc1N)c1nn[nH]n1. The van der Waals surface area contributed by atoms with Crippen molar-refractivity contribution in [1.82, 2.24) is 20.6 Å². The van der Waals surface area contributed by atoms with Gasteiger partial charge in [-0.3, -0.25) is 0 Å². The predicted molar refractivity (Wildman–Crippen MR) is 64.0 cm³/mol. The first-order chi connectivity index (χ1) is 8.99. The smallest absolute Gasteiger partial charge is 0.338 e. The molecule has 100 valence electrons. The molecule has 9 heteroatoms. The molecule has 0 radical (unpaired) electrons. The summed E-state index contributed by atoms with van der Waals surface area (Å²) in [5, 5.41) is 24.9. The Bertz CT molecular complexity index is 600. The molecular weight excluding hydrogens is 255 g/mol. The predicted octanol–water partition coefficient (Wildman–Crippen LogP) is 0.792. The normalized spacial score (nSPS) is 12.1. The number of nitrogens with two attached hydrogens (primary N) is 1. The van der Waals surface area contributed by atoms with Crippen LogP contribution >= 0.6 is 0 Å². The zero-order chi connectivity index (χ0) is 14.0. The van der Waals surface area contributed by atoms with Crippen LogP contribution in [0.25, 0.3) is 0 Å². The summed E-state index contributed by atoms with van der Waals surface area (Å²) in [6, 6.07) is 1.72. The van der Waals surface area contributed by atoms with Crippen molar-refractivity contribution in [3.05, 3.63) is 29.3 Å². The van der Waals surface area contributed by atoms with Crippen LogP contribution < -0.4 is 11.1 Å². The quantitative estimate of drug-likeness (QED) is 0.602. The zero-order valence-corrected chi connectivity index (χ0v) is 9.88. The fraction of sp³-hybridized carbons (Fsp3) is 0.200. The molecular formula is C10H11FN6O2. The van der Waals surface area contributed by atoms with Gasteiger partial charge in [-0.05, 0) is 19.1 Å². The number of hydrogen-bond acceptors (Lipinski definition) is 6. The van der Waals surface area contributed by atoms with Gasteiger partial charge in [-0.2, -0.15) is 5.21 Å². The number of carboxylic acid groups (broad SMARTS) is 1. The van der Waals surface area contributed by atoms with E-state index in [0.717, 1.165) is 12.1 Å². The number of aromatic nitrogens is 4. The lowest BCUT2D eigenvalue weighted by atomic mass is 10.1. The van der Waals surface area contributed by atoms with Crippen molar-refractivity contribution in [2.45, 2.75) is 13.0 Å². The van der Waals surface area contributed by atoms with Gasteiger partial charge in [0, 0.05) is 0 Å². The number of tetrazole rings is 1. The summed E-state index contributed by atoms with van der Waals surface area (Å²) in [7, 11) is 0. The number of nitrogens with one attached hydrogen (secondary N) is 2. The van der Waals surface area contributed by atoms with Gasteiger partial charge in [-0.1, -0.05) is 5.21 Å². The average molecular weight is 266 g/mol. The molecule has 0 fully saturated rings. The molecule has 1 aromatic heterocycles. The van der Waals surface area contributed by atoms with E-state index in [-0.39, 0.29) is 17.4 Å². The van der Waals surface area contributed by atoms with Gasteiger partial charge in [-0.15, -0.1) is 10.2 Å². The first kappa shape index (κ1) is 12.7. The van der Waals surface area contributed by atoms with E-state index in [4.69, 9.17) is 10.8 Å². The van der Waals surface area contributed by atoms with E-state index >= 15 is 0 Å². The fourth-order valence-electron chi connectivity index (χ4n) is 1.53. The highest BCUT2D eigenvalue weighted by molar-refractivity contribution is 5.90. The molecule has 1 unspecified atom stereocenters. The van der Waals surface area contributed by atoms with Crippen LogP contribution in [0, 0.1) is 5.82 Å². The maximum Gasteiger partial charge on any atom is 0.338 e. The van der Waals surface area contributed by atoms with Crippen LogP contribution in [0.5, 0.6) is 0 Å². The van der Waals surface area contributed by atoms with E-state index in [1.54, 1.807) is 6.92 Å². The van der Waals surface area contributed by atoms with Gasteiger partial charge in [0.2, 0.25) is 0 Å².